The summed E-state index contributed by atoms with van der Waals surface area (Å²) >= 11 is 3.41. The predicted octanol–water partition coefficient (Wildman–Crippen LogP) is 4.56. The second kappa shape index (κ2) is 8.21. The molecule has 3 aromatic rings. The first-order valence-electron chi connectivity index (χ1n) is 9.45. The van der Waals surface area contributed by atoms with E-state index in [1.807, 2.05) is 78.5 Å². The quantitative estimate of drug-likeness (QED) is 0.633. The molecule has 0 radical (unpaired) electrons. The first kappa shape index (κ1) is 19.4. The highest BCUT2D eigenvalue weighted by atomic mass is 79.9. The van der Waals surface area contributed by atoms with Gasteiger partial charge in [-0.1, -0.05) is 46.3 Å². The number of halogens is 1. The molecule has 1 N–H and O–H groups in total. The van der Waals surface area contributed by atoms with E-state index in [1.165, 1.54) is 0 Å². The Morgan fingerprint density at radius 1 is 1.07 bits per heavy atom. The van der Waals surface area contributed by atoms with E-state index in [0.29, 0.717) is 19.5 Å². The average Bonchev–Trinajstić information content (AvgIpc) is 2.74. The van der Waals surface area contributed by atoms with Gasteiger partial charge >= 0.3 is 6.03 Å². The van der Waals surface area contributed by atoms with E-state index in [1.54, 1.807) is 0 Å². The highest BCUT2D eigenvalue weighted by molar-refractivity contribution is 9.10. The van der Waals surface area contributed by atoms with Gasteiger partial charge in [-0.05, 0) is 24.3 Å². The maximum absolute atomic E-state index is 12.8. The van der Waals surface area contributed by atoms with Gasteiger partial charge in [-0.2, -0.15) is 0 Å². The van der Waals surface area contributed by atoms with Crippen LogP contribution >= 0.6 is 15.9 Å². The van der Waals surface area contributed by atoms with Gasteiger partial charge in [-0.3, -0.25) is 0 Å². The predicted molar refractivity (Wildman–Crippen MR) is 119 cm³/mol. The highest BCUT2D eigenvalue weighted by Gasteiger charge is 2.26. The van der Waals surface area contributed by atoms with Gasteiger partial charge in [0, 0.05) is 48.3 Å². The zero-order valence-electron chi connectivity index (χ0n) is 16.4. The van der Waals surface area contributed by atoms with Crippen LogP contribution in [0.25, 0.3) is 11.4 Å². The molecule has 0 atom stereocenters. The molecule has 2 heterocycles. The highest BCUT2D eigenvalue weighted by Crippen LogP contribution is 2.29. The van der Waals surface area contributed by atoms with Gasteiger partial charge in [0.15, 0.2) is 5.82 Å². The zero-order chi connectivity index (χ0) is 20.4. The molecular weight excluding hydrogens is 430 g/mol. The number of urea groups is 1. The Bertz CT molecular complexity index is 1020. The van der Waals surface area contributed by atoms with Crippen molar-refractivity contribution >= 4 is 33.5 Å². The van der Waals surface area contributed by atoms with Crippen molar-refractivity contribution in [2.45, 2.75) is 13.0 Å². The van der Waals surface area contributed by atoms with Crippen molar-refractivity contribution in [2.75, 3.05) is 30.9 Å². The van der Waals surface area contributed by atoms with Crippen molar-refractivity contribution in [2.24, 2.45) is 0 Å². The van der Waals surface area contributed by atoms with Gasteiger partial charge in [0.2, 0.25) is 0 Å². The lowest BCUT2D eigenvalue weighted by atomic mass is 10.1. The molecule has 4 rings (SSSR count). The fraction of sp³-hybridized carbons (Fsp3) is 0.227. The summed E-state index contributed by atoms with van der Waals surface area (Å²) in [5.41, 5.74) is 3.78. The summed E-state index contributed by atoms with van der Waals surface area (Å²) in [6, 6.07) is 17.4. The molecule has 0 bridgehead atoms. The third-order valence-corrected chi connectivity index (χ3v) is 5.41. The Kier molecular flexibility index (Phi) is 5.49. The molecule has 0 fully saturated rings. The summed E-state index contributed by atoms with van der Waals surface area (Å²) in [7, 11) is 3.94. The van der Waals surface area contributed by atoms with Crippen molar-refractivity contribution < 1.29 is 4.79 Å². The van der Waals surface area contributed by atoms with Gasteiger partial charge in [0.25, 0.3) is 0 Å². The molecule has 29 heavy (non-hydrogen) atoms. The van der Waals surface area contributed by atoms with Crippen LogP contribution in [0.5, 0.6) is 0 Å². The lowest BCUT2D eigenvalue weighted by Gasteiger charge is -2.31. The second-order valence-electron chi connectivity index (χ2n) is 7.17. The third kappa shape index (κ3) is 4.24. The molecule has 1 aliphatic rings. The Morgan fingerprint density at radius 2 is 1.79 bits per heavy atom. The average molecular weight is 452 g/mol. The Hall–Kier alpha value is -2.93. The number of anilines is 2. The van der Waals surface area contributed by atoms with Crippen LogP contribution in [0, 0.1) is 0 Å². The monoisotopic (exact) mass is 451 g/mol. The molecule has 2 amide bonds. The molecule has 148 valence electrons. The van der Waals surface area contributed by atoms with Crippen LogP contribution in [0.4, 0.5) is 16.3 Å². The normalized spacial score (nSPS) is 13.0. The number of hydrogen-bond acceptors (Lipinski definition) is 4. The van der Waals surface area contributed by atoms with Gasteiger partial charge in [-0.25, -0.2) is 14.8 Å². The second-order valence-corrected chi connectivity index (χ2v) is 8.08. The number of hydrogen-bond donors (Lipinski definition) is 1. The minimum absolute atomic E-state index is 0.116. The Balaban J connectivity index is 1.60. The molecular formula is C22H22BrN5O. The van der Waals surface area contributed by atoms with Crippen LogP contribution in [0.2, 0.25) is 0 Å². The molecule has 0 spiro atoms. The van der Waals surface area contributed by atoms with E-state index < -0.39 is 0 Å². The maximum Gasteiger partial charge on any atom is 0.322 e. The maximum atomic E-state index is 12.8. The lowest BCUT2D eigenvalue weighted by Crippen LogP contribution is -2.40. The SMILES string of the molecule is CN(C)c1nc(-c2ccccc2)nc2c1CN(C(=O)Nc1ccc(Br)cc1)CC2. The summed E-state index contributed by atoms with van der Waals surface area (Å²) in [4.78, 5) is 26.2. The van der Waals surface area contributed by atoms with Gasteiger partial charge < -0.3 is 15.1 Å². The third-order valence-electron chi connectivity index (χ3n) is 4.88. The van der Waals surface area contributed by atoms with Crippen molar-refractivity contribution in [3.8, 4) is 11.4 Å². The standard InChI is InChI=1S/C22H22BrN5O/c1-27(2)21-18-14-28(22(29)24-17-10-8-16(23)9-11-17)13-12-19(18)25-20(26-21)15-6-4-3-5-7-15/h3-11H,12-14H2,1-2H3,(H,24,29). The van der Waals surface area contributed by atoms with Crippen LogP contribution in [-0.4, -0.2) is 41.5 Å². The lowest BCUT2D eigenvalue weighted by molar-refractivity contribution is 0.206. The summed E-state index contributed by atoms with van der Waals surface area (Å²) in [5, 5.41) is 2.97. The Morgan fingerprint density at radius 3 is 2.48 bits per heavy atom. The first-order chi connectivity index (χ1) is 14.0. The number of fused-ring (bicyclic) bond motifs is 1. The van der Waals surface area contributed by atoms with Crippen LogP contribution in [-0.2, 0) is 13.0 Å². The van der Waals surface area contributed by atoms with Crippen molar-refractivity contribution in [3.63, 3.8) is 0 Å². The van der Waals surface area contributed by atoms with Crippen molar-refractivity contribution in [3.05, 3.63) is 70.3 Å². The number of carbonyl (C=O) groups excluding carboxylic acids is 1. The van der Waals surface area contributed by atoms with Gasteiger partial charge in [0.1, 0.15) is 5.82 Å². The van der Waals surface area contributed by atoms with E-state index in [-0.39, 0.29) is 6.03 Å². The molecule has 0 unspecified atom stereocenters. The first-order valence-corrected chi connectivity index (χ1v) is 10.2. The number of rotatable bonds is 3. The summed E-state index contributed by atoms with van der Waals surface area (Å²) in [6.07, 6.45) is 0.701. The summed E-state index contributed by atoms with van der Waals surface area (Å²) in [6.45, 7) is 1.10. The number of aromatic nitrogens is 2. The number of amides is 2. The minimum Gasteiger partial charge on any atom is -0.362 e. The van der Waals surface area contributed by atoms with Crippen LogP contribution in [0.1, 0.15) is 11.3 Å². The van der Waals surface area contributed by atoms with Crippen LogP contribution in [0.3, 0.4) is 0 Å². The van der Waals surface area contributed by atoms with E-state index in [4.69, 9.17) is 9.97 Å². The van der Waals surface area contributed by atoms with Gasteiger partial charge in [0.05, 0.1) is 12.2 Å². The molecule has 6 nitrogen and oxygen atoms in total. The van der Waals surface area contributed by atoms with E-state index in [9.17, 15) is 4.79 Å². The molecule has 0 saturated carbocycles. The van der Waals surface area contributed by atoms with Crippen LogP contribution < -0.4 is 10.2 Å². The molecule has 0 saturated heterocycles. The number of benzene rings is 2. The van der Waals surface area contributed by atoms with Crippen molar-refractivity contribution in [1.29, 1.82) is 0 Å². The van der Waals surface area contributed by atoms with E-state index in [2.05, 4.69) is 21.2 Å². The molecule has 0 aliphatic carbocycles. The fourth-order valence-electron chi connectivity index (χ4n) is 3.39. The van der Waals surface area contributed by atoms with Gasteiger partial charge in [-0.15, -0.1) is 0 Å². The topological polar surface area (TPSA) is 61.4 Å². The van der Waals surface area contributed by atoms with E-state index >= 15 is 0 Å². The smallest absolute Gasteiger partial charge is 0.322 e. The number of carbonyl (C=O) groups is 1. The Labute approximate surface area is 178 Å². The molecule has 1 aromatic heterocycles. The molecule has 7 heteroatoms. The molecule has 2 aromatic carbocycles. The van der Waals surface area contributed by atoms with Crippen LogP contribution in [0.15, 0.2) is 59.1 Å². The zero-order valence-corrected chi connectivity index (χ0v) is 18.0. The van der Waals surface area contributed by atoms with E-state index in [0.717, 1.165) is 38.6 Å². The summed E-state index contributed by atoms with van der Waals surface area (Å²) < 4.78 is 0.976. The van der Waals surface area contributed by atoms with Crippen molar-refractivity contribution in [1.82, 2.24) is 14.9 Å². The summed E-state index contributed by atoms with van der Waals surface area (Å²) in [5.74, 6) is 1.58. The minimum atomic E-state index is -0.116. The fourth-order valence-corrected chi connectivity index (χ4v) is 3.66. The largest absolute Gasteiger partial charge is 0.362 e. The number of nitrogens with one attached hydrogen (secondary N) is 1. The number of nitrogens with zero attached hydrogens (tertiary/aromatic N) is 4. The molecule has 1 aliphatic heterocycles.